The molecule has 0 bridgehead atoms. The normalized spacial score (nSPS) is 28.6. The fourth-order valence-electron chi connectivity index (χ4n) is 3.09. The molecule has 0 aromatic carbocycles. The van der Waals surface area contributed by atoms with Crippen molar-refractivity contribution in [1.82, 2.24) is 0 Å². The Hall–Kier alpha value is -1.35. The van der Waals surface area contributed by atoms with Gasteiger partial charge in [0.2, 0.25) is 0 Å². The van der Waals surface area contributed by atoms with E-state index < -0.39 is 70.7 Å². The zero-order chi connectivity index (χ0) is 21.4. The van der Waals surface area contributed by atoms with Gasteiger partial charge >= 0.3 is 14.2 Å². The Morgan fingerprint density at radius 1 is 0.571 bits per heavy atom. The molecular formula is C18H26B2F2N2O4. The molecule has 152 valence electrons. The number of hydrogen-bond donors (Lipinski definition) is 2. The lowest BCUT2D eigenvalue weighted by atomic mass is 9.64. The fourth-order valence-corrected chi connectivity index (χ4v) is 3.09. The molecule has 0 aromatic rings. The van der Waals surface area contributed by atoms with Crippen LogP contribution >= 0.6 is 0 Å². The first-order valence-corrected chi connectivity index (χ1v) is 9.21. The van der Waals surface area contributed by atoms with E-state index in [4.69, 9.17) is 29.4 Å². The standard InChI is InChI=1S/C18H26B2F2N2O4/c1-15(2)16(3,4)26-19(25-15)9-11(21)12(22)10(14(24)13(9)23)20-27-17(5,6)18(7,8)28-20/h23-24H,1-8H3. The molecule has 2 saturated heterocycles. The van der Waals surface area contributed by atoms with E-state index in [-0.39, 0.29) is 0 Å². The molecule has 28 heavy (non-hydrogen) atoms. The predicted molar refractivity (Wildman–Crippen MR) is 104 cm³/mol. The summed E-state index contributed by atoms with van der Waals surface area (Å²) in [7, 11) is -2.58. The lowest BCUT2D eigenvalue weighted by molar-refractivity contribution is 0.00578. The molecule has 0 radical (unpaired) electrons. The van der Waals surface area contributed by atoms with Crippen LogP contribution in [0.25, 0.3) is 0 Å². The molecule has 0 atom stereocenters. The van der Waals surface area contributed by atoms with Crippen LogP contribution in [0.5, 0.6) is 0 Å². The van der Waals surface area contributed by atoms with Crippen molar-refractivity contribution in [2.45, 2.75) is 77.8 Å². The second-order valence-electron chi connectivity index (χ2n) is 9.38. The Morgan fingerprint density at radius 2 is 0.786 bits per heavy atom. The van der Waals surface area contributed by atoms with Crippen molar-refractivity contribution < 1.29 is 27.4 Å². The van der Waals surface area contributed by atoms with Crippen LogP contribution in [-0.2, 0) is 18.6 Å². The van der Waals surface area contributed by atoms with Gasteiger partial charge in [0.05, 0.1) is 33.8 Å². The molecule has 2 fully saturated rings. The van der Waals surface area contributed by atoms with Crippen molar-refractivity contribution in [3.63, 3.8) is 0 Å². The van der Waals surface area contributed by atoms with Crippen LogP contribution in [0.4, 0.5) is 8.78 Å². The van der Waals surface area contributed by atoms with Gasteiger partial charge in [0.1, 0.15) is 0 Å². The maximum atomic E-state index is 15.0. The van der Waals surface area contributed by atoms with Crippen LogP contribution < -0.4 is 0 Å². The summed E-state index contributed by atoms with van der Waals surface area (Å²) in [5, 5.41) is 16.6. The Balaban J connectivity index is 2.03. The maximum Gasteiger partial charge on any atom is 0.500 e. The van der Waals surface area contributed by atoms with Gasteiger partial charge in [0, 0.05) is 10.9 Å². The number of allylic oxidation sites excluding steroid dienone is 4. The largest absolute Gasteiger partial charge is 0.500 e. The topological polar surface area (TPSA) is 84.6 Å². The Morgan fingerprint density at radius 3 is 1.00 bits per heavy atom. The quantitative estimate of drug-likeness (QED) is 0.552. The summed E-state index contributed by atoms with van der Waals surface area (Å²) in [6.45, 7) is 14.2. The van der Waals surface area contributed by atoms with E-state index in [1.807, 2.05) is 0 Å². The number of halogens is 2. The van der Waals surface area contributed by atoms with Gasteiger partial charge in [0.25, 0.3) is 0 Å². The third-order valence-electron chi connectivity index (χ3n) is 6.43. The number of nitrogens with one attached hydrogen (secondary N) is 2. The van der Waals surface area contributed by atoms with Crippen LogP contribution in [0.15, 0.2) is 22.6 Å². The highest BCUT2D eigenvalue weighted by atomic mass is 19.2. The highest BCUT2D eigenvalue weighted by molar-refractivity contribution is 6.79. The molecule has 0 saturated carbocycles. The summed E-state index contributed by atoms with van der Waals surface area (Å²) in [6.07, 6.45) is 0. The molecule has 10 heteroatoms. The first kappa shape index (κ1) is 21.4. The van der Waals surface area contributed by atoms with Crippen LogP contribution in [0.2, 0.25) is 0 Å². The van der Waals surface area contributed by atoms with Gasteiger partial charge < -0.3 is 18.6 Å². The van der Waals surface area contributed by atoms with Crippen LogP contribution in [0.3, 0.4) is 0 Å². The highest BCUT2D eigenvalue weighted by Gasteiger charge is 2.58. The van der Waals surface area contributed by atoms with Gasteiger partial charge in [-0.1, -0.05) is 0 Å². The minimum atomic E-state index is -1.29. The van der Waals surface area contributed by atoms with Crippen molar-refractivity contribution in [2.75, 3.05) is 0 Å². The zero-order valence-electron chi connectivity index (χ0n) is 17.5. The third kappa shape index (κ3) is 2.93. The summed E-state index contributed by atoms with van der Waals surface area (Å²) < 4.78 is 53.1. The van der Waals surface area contributed by atoms with Gasteiger partial charge in [-0.2, -0.15) is 0 Å². The molecule has 3 rings (SSSR count). The predicted octanol–water partition coefficient (Wildman–Crippen LogP) is 3.75. The van der Waals surface area contributed by atoms with Gasteiger partial charge in [0.15, 0.2) is 11.7 Å². The Kier molecular flexibility index (Phi) is 4.63. The third-order valence-corrected chi connectivity index (χ3v) is 6.43. The lowest BCUT2D eigenvalue weighted by Gasteiger charge is -2.32. The molecule has 0 amide bonds. The minimum Gasteiger partial charge on any atom is -0.399 e. The molecule has 1 aliphatic carbocycles. The average Bonchev–Trinajstić information content (AvgIpc) is 2.85. The average molecular weight is 394 g/mol. The zero-order valence-corrected chi connectivity index (χ0v) is 17.5. The van der Waals surface area contributed by atoms with Crippen LogP contribution in [0.1, 0.15) is 55.4 Å². The maximum absolute atomic E-state index is 15.0. The number of hydrogen-bond acceptors (Lipinski definition) is 6. The van der Waals surface area contributed by atoms with E-state index in [1.54, 1.807) is 55.4 Å². The molecule has 2 aliphatic heterocycles. The lowest BCUT2D eigenvalue weighted by Crippen LogP contribution is -2.41. The summed E-state index contributed by atoms with van der Waals surface area (Å²) >= 11 is 0. The first-order chi connectivity index (χ1) is 12.5. The molecule has 2 heterocycles. The van der Waals surface area contributed by atoms with Crippen LogP contribution in [-0.4, -0.2) is 48.1 Å². The summed E-state index contributed by atoms with van der Waals surface area (Å²) in [5.74, 6) is -2.58. The Bertz CT molecular complexity index is 733. The highest BCUT2D eigenvalue weighted by Crippen LogP contribution is 2.44. The molecular weight excluding hydrogens is 368 g/mol. The molecule has 0 spiro atoms. The number of rotatable bonds is 2. The van der Waals surface area contributed by atoms with E-state index in [0.29, 0.717) is 0 Å². The first-order valence-electron chi connectivity index (χ1n) is 9.21. The molecule has 2 N–H and O–H groups in total. The molecule has 0 aromatic heterocycles. The van der Waals surface area contributed by atoms with Crippen molar-refractivity contribution in [3.8, 4) is 0 Å². The van der Waals surface area contributed by atoms with Crippen molar-refractivity contribution in [1.29, 1.82) is 10.8 Å². The van der Waals surface area contributed by atoms with E-state index in [0.717, 1.165) is 0 Å². The summed E-state index contributed by atoms with van der Waals surface area (Å²) in [5.41, 5.74) is -5.05. The molecule has 6 nitrogen and oxygen atoms in total. The second-order valence-corrected chi connectivity index (χ2v) is 9.38. The van der Waals surface area contributed by atoms with E-state index in [9.17, 15) is 0 Å². The minimum absolute atomic E-state index is 0.429. The van der Waals surface area contributed by atoms with Crippen molar-refractivity contribution in [2.24, 2.45) is 0 Å². The van der Waals surface area contributed by atoms with E-state index >= 15 is 8.78 Å². The van der Waals surface area contributed by atoms with Crippen molar-refractivity contribution >= 4 is 25.7 Å². The van der Waals surface area contributed by atoms with E-state index in [1.165, 1.54) is 0 Å². The molecule has 3 aliphatic rings. The second kappa shape index (κ2) is 6.08. The summed E-state index contributed by atoms with van der Waals surface area (Å²) in [6, 6.07) is 0. The monoisotopic (exact) mass is 394 g/mol. The summed E-state index contributed by atoms with van der Waals surface area (Å²) in [4.78, 5) is 0. The fraction of sp³-hybridized carbons (Fsp3) is 0.667. The van der Waals surface area contributed by atoms with Gasteiger partial charge in [-0.25, -0.2) is 8.78 Å². The molecule has 0 unspecified atom stereocenters. The Labute approximate surface area is 164 Å². The van der Waals surface area contributed by atoms with E-state index in [2.05, 4.69) is 0 Å². The van der Waals surface area contributed by atoms with Crippen molar-refractivity contribution in [3.05, 3.63) is 22.6 Å². The smallest absolute Gasteiger partial charge is 0.399 e. The van der Waals surface area contributed by atoms with Gasteiger partial charge in [-0.3, -0.25) is 10.8 Å². The van der Waals surface area contributed by atoms with Crippen LogP contribution in [0, 0.1) is 10.8 Å². The van der Waals surface area contributed by atoms with Gasteiger partial charge in [-0.05, 0) is 55.4 Å². The SMILES string of the molecule is CC1(C)OB(C2=C(F)C(F)=C(B3OC(C)(C)C(C)(C)O3)C(=N)C2=N)OC1(C)C. The van der Waals surface area contributed by atoms with Gasteiger partial charge in [-0.15, -0.1) is 0 Å².